The summed E-state index contributed by atoms with van der Waals surface area (Å²) in [5, 5.41) is 0. The molecule has 26 heavy (non-hydrogen) atoms. The van der Waals surface area contributed by atoms with Crippen molar-refractivity contribution in [1.82, 2.24) is 0 Å². The first kappa shape index (κ1) is 23.2. The van der Waals surface area contributed by atoms with E-state index in [1.54, 1.807) is 0 Å². The van der Waals surface area contributed by atoms with Crippen molar-refractivity contribution in [2.45, 2.75) is 122 Å². The van der Waals surface area contributed by atoms with E-state index in [9.17, 15) is 4.79 Å². The number of carbonyl (C=O) groups excluding carboxylic acids is 1. The number of carbonyl (C=O) groups is 1. The van der Waals surface area contributed by atoms with Crippen molar-refractivity contribution in [3.05, 3.63) is 12.2 Å². The highest BCUT2D eigenvalue weighted by atomic mass is 16.5. The maximum absolute atomic E-state index is 11.6. The quantitative estimate of drug-likeness (QED) is 0.133. The first-order valence-corrected chi connectivity index (χ1v) is 11.6. The number of esters is 1. The summed E-state index contributed by atoms with van der Waals surface area (Å²) in [5.41, 5.74) is 0. The van der Waals surface area contributed by atoms with Crippen molar-refractivity contribution >= 4 is 5.97 Å². The molecule has 0 N–H and O–H groups in total. The Labute approximate surface area is 163 Å². The average molecular weight is 365 g/mol. The van der Waals surface area contributed by atoms with Gasteiger partial charge >= 0.3 is 5.97 Å². The Bertz CT molecular complexity index is 344. The number of hydrogen-bond acceptors (Lipinski definition) is 2. The Morgan fingerprint density at radius 2 is 1.38 bits per heavy atom. The van der Waals surface area contributed by atoms with Crippen molar-refractivity contribution < 1.29 is 9.53 Å². The zero-order chi connectivity index (χ0) is 18.7. The van der Waals surface area contributed by atoms with Crippen LogP contribution in [0.3, 0.4) is 0 Å². The highest BCUT2D eigenvalue weighted by molar-refractivity contribution is 5.69. The van der Waals surface area contributed by atoms with Gasteiger partial charge in [0.15, 0.2) is 0 Å². The molecule has 1 saturated carbocycles. The molecule has 1 fully saturated rings. The summed E-state index contributed by atoms with van der Waals surface area (Å²) in [7, 11) is 0. The van der Waals surface area contributed by atoms with Crippen molar-refractivity contribution in [2.24, 2.45) is 5.92 Å². The van der Waals surface area contributed by atoms with Gasteiger partial charge in [-0.05, 0) is 50.9 Å². The standard InChI is InChI=1S/C24H44O2/c1-2-3-4-5-6-7-8-9-10-11-12-13-14-15-16-19-24(25)26-22-17-18-23-20-21-23/h9-10,23H,2-8,11-22H2,1H3/b10-9-. The Morgan fingerprint density at radius 3 is 2.00 bits per heavy atom. The topological polar surface area (TPSA) is 26.3 Å². The molecule has 0 aliphatic heterocycles. The molecule has 0 heterocycles. The minimum atomic E-state index is 0.0124. The highest BCUT2D eigenvalue weighted by Gasteiger charge is 2.20. The molecule has 0 amide bonds. The summed E-state index contributed by atoms with van der Waals surface area (Å²) in [4.78, 5) is 11.6. The molecule has 0 aromatic carbocycles. The predicted octanol–water partition coefficient (Wildman–Crippen LogP) is 7.76. The molecule has 2 heteroatoms. The largest absolute Gasteiger partial charge is 0.466 e. The number of ether oxygens (including phenoxy) is 1. The van der Waals surface area contributed by atoms with Gasteiger partial charge in [0.25, 0.3) is 0 Å². The lowest BCUT2D eigenvalue weighted by Gasteiger charge is -2.04. The molecule has 0 aromatic heterocycles. The lowest BCUT2D eigenvalue weighted by Crippen LogP contribution is -2.05. The second-order valence-electron chi connectivity index (χ2n) is 8.14. The van der Waals surface area contributed by atoms with Gasteiger partial charge in [-0.3, -0.25) is 4.79 Å². The zero-order valence-electron chi connectivity index (χ0n) is 17.5. The van der Waals surface area contributed by atoms with Crippen LogP contribution >= 0.6 is 0 Å². The Balaban J connectivity index is 1.71. The molecule has 1 aliphatic rings. The van der Waals surface area contributed by atoms with Gasteiger partial charge in [-0.2, -0.15) is 0 Å². The molecule has 0 saturated heterocycles. The summed E-state index contributed by atoms with van der Waals surface area (Å²) >= 11 is 0. The smallest absolute Gasteiger partial charge is 0.305 e. The van der Waals surface area contributed by atoms with E-state index >= 15 is 0 Å². The molecular formula is C24H44O2. The van der Waals surface area contributed by atoms with Crippen LogP contribution < -0.4 is 0 Å². The minimum absolute atomic E-state index is 0.0124. The highest BCUT2D eigenvalue weighted by Crippen LogP contribution is 2.33. The maximum Gasteiger partial charge on any atom is 0.305 e. The van der Waals surface area contributed by atoms with E-state index in [0.29, 0.717) is 13.0 Å². The monoisotopic (exact) mass is 364 g/mol. The van der Waals surface area contributed by atoms with E-state index in [0.717, 1.165) is 18.8 Å². The SMILES string of the molecule is CCCCCCCC/C=C\CCCCCCCC(=O)OCCCC1CC1. The summed E-state index contributed by atoms with van der Waals surface area (Å²) in [6, 6.07) is 0. The predicted molar refractivity (Wildman–Crippen MR) is 112 cm³/mol. The van der Waals surface area contributed by atoms with Crippen LogP contribution in [0, 0.1) is 5.92 Å². The second-order valence-corrected chi connectivity index (χ2v) is 8.14. The fraction of sp³-hybridized carbons (Fsp3) is 0.875. The molecule has 0 bridgehead atoms. The Morgan fingerprint density at radius 1 is 0.808 bits per heavy atom. The lowest BCUT2D eigenvalue weighted by molar-refractivity contribution is -0.143. The van der Waals surface area contributed by atoms with Crippen LogP contribution in [0.15, 0.2) is 12.2 Å². The zero-order valence-corrected chi connectivity index (χ0v) is 17.5. The number of unbranched alkanes of at least 4 members (excludes halogenated alkanes) is 11. The molecule has 0 radical (unpaired) electrons. The van der Waals surface area contributed by atoms with Crippen LogP contribution in [0.4, 0.5) is 0 Å². The maximum atomic E-state index is 11.6. The van der Waals surface area contributed by atoms with Crippen LogP contribution in [-0.4, -0.2) is 12.6 Å². The van der Waals surface area contributed by atoms with Crippen molar-refractivity contribution in [3.8, 4) is 0 Å². The van der Waals surface area contributed by atoms with E-state index in [1.807, 2.05) is 0 Å². The second kappa shape index (κ2) is 17.6. The van der Waals surface area contributed by atoms with Crippen molar-refractivity contribution in [1.29, 1.82) is 0 Å². The van der Waals surface area contributed by atoms with E-state index in [4.69, 9.17) is 4.74 Å². The molecule has 2 nitrogen and oxygen atoms in total. The third-order valence-electron chi connectivity index (χ3n) is 5.36. The Hall–Kier alpha value is -0.790. The third-order valence-corrected chi connectivity index (χ3v) is 5.36. The van der Waals surface area contributed by atoms with Crippen LogP contribution in [0.2, 0.25) is 0 Å². The van der Waals surface area contributed by atoms with Crippen LogP contribution in [0.25, 0.3) is 0 Å². The van der Waals surface area contributed by atoms with E-state index in [-0.39, 0.29) is 5.97 Å². The van der Waals surface area contributed by atoms with Gasteiger partial charge in [-0.25, -0.2) is 0 Å². The van der Waals surface area contributed by atoms with Crippen LogP contribution in [0.1, 0.15) is 122 Å². The summed E-state index contributed by atoms with van der Waals surface area (Å²) in [6.45, 7) is 2.91. The number of hydrogen-bond donors (Lipinski definition) is 0. The molecule has 0 aromatic rings. The summed E-state index contributed by atoms with van der Waals surface area (Å²) in [5.74, 6) is 0.956. The summed E-state index contributed by atoms with van der Waals surface area (Å²) in [6.07, 6.45) is 27.2. The molecule has 1 aliphatic carbocycles. The number of allylic oxidation sites excluding steroid dienone is 2. The van der Waals surface area contributed by atoms with Gasteiger partial charge in [0, 0.05) is 6.42 Å². The summed E-state index contributed by atoms with van der Waals surface area (Å²) < 4.78 is 5.29. The fourth-order valence-corrected chi connectivity index (χ4v) is 3.38. The molecule has 0 unspecified atom stereocenters. The third kappa shape index (κ3) is 16.7. The van der Waals surface area contributed by atoms with Gasteiger partial charge in [0.2, 0.25) is 0 Å². The number of rotatable bonds is 19. The van der Waals surface area contributed by atoms with Crippen molar-refractivity contribution in [3.63, 3.8) is 0 Å². The Kier molecular flexibility index (Phi) is 15.8. The van der Waals surface area contributed by atoms with Gasteiger partial charge in [-0.15, -0.1) is 0 Å². The first-order valence-electron chi connectivity index (χ1n) is 11.6. The van der Waals surface area contributed by atoms with Gasteiger partial charge in [0.1, 0.15) is 0 Å². The first-order chi connectivity index (χ1) is 12.8. The normalized spacial score (nSPS) is 14.2. The van der Waals surface area contributed by atoms with E-state index in [1.165, 1.54) is 96.3 Å². The van der Waals surface area contributed by atoms with Crippen molar-refractivity contribution in [2.75, 3.05) is 6.61 Å². The van der Waals surface area contributed by atoms with E-state index < -0.39 is 0 Å². The van der Waals surface area contributed by atoms with Crippen LogP contribution in [0.5, 0.6) is 0 Å². The molecular weight excluding hydrogens is 320 g/mol. The minimum Gasteiger partial charge on any atom is -0.466 e. The lowest BCUT2D eigenvalue weighted by atomic mass is 10.1. The molecule has 0 atom stereocenters. The fourth-order valence-electron chi connectivity index (χ4n) is 3.38. The molecule has 0 spiro atoms. The van der Waals surface area contributed by atoms with Gasteiger partial charge in [0.05, 0.1) is 6.61 Å². The molecule has 152 valence electrons. The van der Waals surface area contributed by atoms with Crippen LogP contribution in [-0.2, 0) is 9.53 Å². The average Bonchev–Trinajstić information content (AvgIpc) is 3.46. The van der Waals surface area contributed by atoms with Gasteiger partial charge in [-0.1, -0.05) is 83.3 Å². The van der Waals surface area contributed by atoms with Gasteiger partial charge < -0.3 is 4.74 Å². The van der Waals surface area contributed by atoms with E-state index in [2.05, 4.69) is 19.1 Å². The molecule has 1 rings (SSSR count).